The second-order valence-electron chi connectivity index (χ2n) is 6.00. The van der Waals surface area contributed by atoms with Gasteiger partial charge in [0.2, 0.25) is 5.82 Å². The Hall–Kier alpha value is -2.94. The van der Waals surface area contributed by atoms with E-state index < -0.39 is 40.7 Å². The van der Waals surface area contributed by atoms with Crippen LogP contribution in [0.3, 0.4) is 0 Å². The average molecular weight is 427 g/mol. The van der Waals surface area contributed by atoms with Crippen LogP contribution in [0.15, 0.2) is 35.7 Å². The van der Waals surface area contributed by atoms with E-state index in [4.69, 9.17) is 4.74 Å². The minimum Gasteiger partial charge on any atom is -0.489 e. The van der Waals surface area contributed by atoms with Crippen LogP contribution >= 0.6 is 11.3 Å². The molecule has 1 aromatic heterocycles. The molecular formula is C20H14F5NO2S. The molecular weight excluding hydrogens is 413 g/mol. The van der Waals surface area contributed by atoms with Crippen molar-refractivity contribution >= 4 is 22.9 Å². The zero-order valence-corrected chi connectivity index (χ0v) is 15.8. The zero-order valence-electron chi connectivity index (χ0n) is 15.0. The van der Waals surface area contributed by atoms with Crippen molar-refractivity contribution in [2.45, 2.75) is 20.0 Å². The van der Waals surface area contributed by atoms with Crippen LogP contribution < -0.4 is 10.1 Å². The van der Waals surface area contributed by atoms with Crippen molar-refractivity contribution in [3.05, 3.63) is 80.8 Å². The first-order valence-electron chi connectivity index (χ1n) is 8.43. The topological polar surface area (TPSA) is 38.3 Å². The van der Waals surface area contributed by atoms with E-state index in [9.17, 15) is 26.7 Å². The Labute approximate surface area is 166 Å². The van der Waals surface area contributed by atoms with Gasteiger partial charge >= 0.3 is 0 Å². The summed E-state index contributed by atoms with van der Waals surface area (Å²) in [6.45, 7) is 2.16. The van der Waals surface area contributed by atoms with Crippen LogP contribution in [0.2, 0.25) is 0 Å². The van der Waals surface area contributed by atoms with Crippen LogP contribution in [-0.4, -0.2) is 5.91 Å². The molecule has 1 amide bonds. The fourth-order valence-corrected chi connectivity index (χ4v) is 3.24. The molecule has 1 heterocycles. The molecule has 3 rings (SSSR count). The summed E-state index contributed by atoms with van der Waals surface area (Å²) in [4.78, 5) is 12.2. The predicted molar refractivity (Wildman–Crippen MR) is 98.7 cm³/mol. The monoisotopic (exact) mass is 427 g/mol. The van der Waals surface area contributed by atoms with Gasteiger partial charge in [-0.1, -0.05) is 19.1 Å². The number of benzene rings is 2. The van der Waals surface area contributed by atoms with E-state index in [2.05, 4.69) is 0 Å². The molecule has 0 bridgehead atoms. The number of thiophene rings is 1. The average Bonchev–Trinajstić information content (AvgIpc) is 3.22. The lowest BCUT2D eigenvalue weighted by molar-refractivity contribution is 0.102. The molecule has 0 aliphatic carbocycles. The minimum atomic E-state index is -2.29. The maximum atomic E-state index is 13.7. The van der Waals surface area contributed by atoms with Crippen molar-refractivity contribution in [2.24, 2.45) is 0 Å². The number of carbonyl (C=O) groups excluding carboxylic acids is 1. The molecule has 0 spiro atoms. The molecule has 3 nitrogen and oxygen atoms in total. The number of amides is 1. The smallest absolute Gasteiger partial charge is 0.265 e. The van der Waals surface area contributed by atoms with E-state index >= 15 is 0 Å². The van der Waals surface area contributed by atoms with Crippen molar-refractivity contribution in [3.8, 4) is 5.75 Å². The van der Waals surface area contributed by atoms with E-state index in [1.807, 2.05) is 31.2 Å². The van der Waals surface area contributed by atoms with E-state index in [1.165, 1.54) is 6.07 Å². The first-order chi connectivity index (χ1) is 13.8. The number of anilines is 1. The van der Waals surface area contributed by atoms with Gasteiger partial charge in [0.25, 0.3) is 5.91 Å². The Kier molecular flexibility index (Phi) is 6.17. The number of rotatable bonds is 6. The van der Waals surface area contributed by atoms with Crippen LogP contribution in [0, 0.1) is 29.1 Å². The van der Waals surface area contributed by atoms with Crippen LogP contribution in [0.5, 0.6) is 5.75 Å². The summed E-state index contributed by atoms with van der Waals surface area (Å²) >= 11 is 0.943. The molecule has 2 aromatic carbocycles. The summed E-state index contributed by atoms with van der Waals surface area (Å²) in [6.07, 6.45) is 0.895. The van der Waals surface area contributed by atoms with Crippen molar-refractivity contribution in [3.63, 3.8) is 0 Å². The summed E-state index contributed by atoms with van der Waals surface area (Å²) in [5, 5.41) is 3.33. The van der Waals surface area contributed by atoms with Gasteiger partial charge in [0.05, 0.1) is 4.88 Å². The molecule has 0 saturated carbocycles. The van der Waals surface area contributed by atoms with Crippen LogP contribution in [0.1, 0.15) is 27.7 Å². The molecule has 29 heavy (non-hydrogen) atoms. The molecule has 3 aromatic rings. The minimum absolute atomic E-state index is 0.0221. The lowest BCUT2D eigenvalue weighted by atomic mass is 10.2. The van der Waals surface area contributed by atoms with Crippen molar-refractivity contribution < 1.29 is 31.5 Å². The van der Waals surface area contributed by atoms with Crippen molar-refractivity contribution in [2.75, 3.05) is 5.32 Å². The van der Waals surface area contributed by atoms with Gasteiger partial charge in [-0.2, -0.15) is 0 Å². The summed E-state index contributed by atoms with van der Waals surface area (Å²) < 4.78 is 72.5. The van der Waals surface area contributed by atoms with Gasteiger partial charge in [-0.25, -0.2) is 22.0 Å². The number of hydrogen-bond donors (Lipinski definition) is 1. The zero-order chi connectivity index (χ0) is 21.1. The third kappa shape index (κ3) is 4.40. The van der Waals surface area contributed by atoms with Gasteiger partial charge in [0.15, 0.2) is 23.3 Å². The summed E-state index contributed by atoms with van der Waals surface area (Å²) in [5.41, 5.74) is 0.366. The molecule has 0 aliphatic heterocycles. The van der Waals surface area contributed by atoms with Gasteiger partial charge in [-0.3, -0.25) is 4.79 Å². The Morgan fingerprint density at radius 2 is 1.52 bits per heavy atom. The molecule has 9 heteroatoms. The summed E-state index contributed by atoms with van der Waals surface area (Å²) in [6, 6.07) is 8.87. The normalized spacial score (nSPS) is 10.8. The number of nitrogens with one attached hydrogen (secondary N) is 1. The third-order valence-corrected chi connectivity index (χ3v) is 5.04. The highest BCUT2D eigenvalue weighted by molar-refractivity contribution is 7.12. The number of ether oxygens (including phenoxy) is 1. The fourth-order valence-electron chi connectivity index (χ4n) is 2.45. The van der Waals surface area contributed by atoms with Gasteiger partial charge in [0, 0.05) is 5.56 Å². The van der Waals surface area contributed by atoms with Gasteiger partial charge in [-0.05, 0) is 35.6 Å². The molecule has 1 N–H and O–H groups in total. The number of halogens is 5. The Morgan fingerprint density at radius 3 is 2.10 bits per heavy atom. The van der Waals surface area contributed by atoms with Gasteiger partial charge < -0.3 is 10.1 Å². The highest BCUT2D eigenvalue weighted by Gasteiger charge is 2.27. The molecule has 0 atom stereocenters. The maximum Gasteiger partial charge on any atom is 0.265 e. The summed E-state index contributed by atoms with van der Waals surface area (Å²) in [7, 11) is 0. The standard InChI is InChI=1S/C20H14F5NO2S/c1-2-10-3-5-12(6-4-10)28-8-11-7-13(29-9-11)20(27)26-19-17(24)15(22)14(21)16(23)18(19)25/h3-7,9H,2,8H2,1H3,(H,26,27). The molecule has 152 valence electrons. The number of hydrogen-bond acceptors (Lipinski definition) is 3. The molecule has 0 aliphatic rings. The van der Waals surface area contributed by atoms with Crippen molar-refractivity contribution in [1.82, 2.24) is 0 Å². The highest BCUT2D eigenvalue weighted by atomic mass is 32.1. The first-order valence-corrected chi connectivity index (χ1v) is 9.31. The second-order valence-corrected chi connectivity index (χ2v) is 6.92. The van der Waals surface area contributed by atoms with Gasteiger partial charge in [0.1, 0.15) is 18.0 Å². The SMILES string of the molecule is CCc1ccc(OCc2csc(C(=O)Nc3c(F)c(F)c(F)c(F)c3F)c2)cc1. The lowest BCUT2D eigenvalue weighted by Crippen LogP contribution is -2.16. The Bertz CT molecular complexity index is 1020. The first kappa shape index (κ1) is 20.8. The predicted octanol–water partition coefficient (Wildman–Crippen LogP) is 5.84. The molecule has 0 unspecified atom stereocenters. The van der Waals surface area contributed by atoms with Crippen LogP contribution in [0.25, 0.3) is 0 Å². The van der Waals surface area contributed by atoms with Crippen LogP contribution in [0.4, 0.5) is 27.6 Å². The quantitative estimate of drug-likeness (QED) is 0.305. The fraction of sp³-hybridized carbons (Fsp3) is 0.150. The number of carbonyl (C=O) groups is 1. The van der Waals surface area contributed by atoms with E-state index in [-0.39, 0.29) is 11.5 Å². The lowest BCUT2D eigenvalue weighted by Gasteiger charge is -2.09. The molecule has 0 radical (unpaired) electrons. The Balaban J connectivity index is 1.70. The Morgan fingerprint density at radius 1 is 0.931 bits per heavy atom. The largest absolute Gasteiger partial charge is 0.489 e. The van der Waals surface area contributed by atoms with E-state index in [1.54, 1.807) is 10.7 Å². The number of aryl methyl sites for hydroxylation is 1. The van der Waals surface area contributed by atoms with Crippen LogP contribution in [-0.2, 0) is 13.0 Å². The van der Waals surface area contributed by atoms with Crippen molar-refractivity contribution in [1.29, 1.82) is 0 Å². The molecule has 0 saturated heterocycles. The summed E-state index contributed by atoms with van der Waals surface area (Å²) in [5.74, 6) is -11.1. The highest BCUT2D eigenvalue weighted by Crippen LogP contribution is 2.28. The second kappa shape index (κ2) is 8.60. The molecule has 0 fully saturated rings. The van der Waals surface area contributed by atoms with E-state index in [0.29, 0.717) is 11.3 Å². The van der Waals surface area contributed by atoms with E-state index in [0.717, 1.165) is 23.3 Å². The maximum absolute atomic E-state index is 13.7. The van der Waals surface area contributed by atoms with Gasteiger partial charge in [-0.15, -0.1) is 11.3 Å². The third-order valence-electron chi connectivity index (χ3n) is 4.06.